The Morgan fingerprint density at radius 3 is 2.95 bits per heavy atom. The topological polar surface area (TPSA) is 63.2 Å². The van der Waals surface area contributed by atoms with Gasteiger partial charge in [-0.25, -0.2) is 4.98 Å². The summed E-state index contributed by atoms with van der Waals surface area (Å²) in [5.74, 6) is -0.335. The van der Waals surface area contributed by atoms with Crippen molar-refractivity contribution in [1.29, 1.82) is 0 Å². The molecule has 0 saturated carbocycles. The smallest absolute Gasteiger partial charge is 0.366 e. The molecule has 118 valence electrons. The van der Waals surface area contributed by atoms with Gasteiger partial charge >= 0.3 is 6.18 Å². The van der Waals surface area contributed by atoms with Gasteiger partial charge in [-0.2, -0.15) is 13.2 Å². The van der Waals surface area contributed by atoms with E-state index < -0.39 is 24.0 Å². The van der Waals surface area contributed by atoms with Crippen LogP contribution in [0.2, 0.25) is 0 Å². The van der Waals surface area contributed by atoms with Gasteiger partial charge in [0.05, 0.1) is 12.6 Å². The summed E-state index contributed by atoms with van der Waals surface area (Å²) >= 11 is 0.895. The first-order valence-corrected chi connectivity index (χ1v) is 7.45. The summed E-state index contributed by atoms with van der Waals surface area (Å²) in [6, 6.07) is -0.538. The molecule has 9 heteroatoms. The Kier molecular flexibility index (Phi) is 5.17. The standard InChI is InChI=1S/C12H16F3N3O2S/c1-2-7(11-18-9(6-21-11)12(13,14)15)17-10(19)8-5-16-3-4-20-8/h6-8,16H,2-5H2,1H3,(H,17,19). The Bertz CT molecular complexity index is 486. The second kappa shape index (κ2) is 6.71. The van der Waals surface area contributed by atoms with Crippen LogP contribution in [0.15, 0.2) is 5.38 Å². The number of hydrogen-bond donors (Lipinski definition) is 2. The average Bonchev–Trinajstić information content (AvgIpc) is 2.95. The van der Waals surface area contributed by atoms with Crippen LogP contribution >= 0.6 is 11.3 Å². The van der Waals surface area contributed by atoms with E-state index in [1.165, 1.54) is 0 Å². The highest BCUT2D eigenvalue weighted by Crippen LogP contribution is 2.32. The normalized spacial score (nSPS) is 21.0. The number of alkyl halides is 3. The first-order chi connectivity index (χ1) is 9.91. The lowest BCUT2D eigenvalue weighted by Crippen LogP contribution is -2.48. The fourth-order valence-corrected chi connectivity index (χ4v) is 2.87. The van der Waals surface area contributed by atoms with Crippen LogP contribution < -0.4 is 10.6 Å². The summed E-state index contributed by atoms with van der Waals surface area (Å²) in [5.41, 5.74) is -0.925. The van der Waals surface area contributed by atoms with Crippen LogP contribution in [0.1, 0.15) is 30.1 Å². The van der Waals surface area contributed by atoms with E-state index in [-0.39, 0.29) is 10.9 Å². The molecule has 0 aromatic carbocycles. The van der Waals surface area contributed by atoms with Gasteiger partial charge in [0.2, 0.25) is 0 Å². The number of ether oxygens (including phenoxy) is 1. The first kappa shape index (κ1) is 16.2. The summed E-state index contributed by atoms with van der Waals surface area (Å²) in [5, 5.41) is 6.93. The van der Waals surface area contributed by atoms with E-state index in [2.05, 4.69) is 15.6 Å². The maximum atomic E-state index is 12.6. The van der Waals surface area contributed by atoms with E-state index in [0.717, 1.165) is 16.7 Å². The van der Waals surface area contributed by atoms with E-state index in [0.29, 0.717) is 26.1 Å². The van der Waals surface area contributed by atoms with Crippen molar-refractivity contribution in [2.24, 2.45) is 0 Å². The fourth-order valence-electron chi connectivity index (χ4n) is 1.91. The van der Waals surface area contributed by atoms with E-state index in [4.69, 9.17) is 4.74 Å². The molecule has 1 aliphatic heterocycles. The molecule has 2 rings (SSSR count). The quantitative estimate of drug-likeness (QED) is 0.886. The second-order valence-electron chi connectivity index (χ2n) is 4.60. The maximum absolute atomic E-state index is 12.6. The highest BCUT2D eigenvalue weighted by atomic mass is 32.1. The SMILES string of the molecule is CCC(NC(=O)C1CNCCO1)c1nc(C(F)(F)F)cs1. The summed E-state index contributed by atoms with van der Waals surface area (Å²) in [6.45, 7) is 3.29. The molecule has 5 nitrogen and oxygen atoms in total. The lowest BCUT2D eigenvalue weighted by atomic mass is 10.2. The average molecular weight is 323 g/mol. The molecule has 1 aliphatic rings. The number of halogens is 3. The third-order valence-corrected chi connectivity index (χ3v) is 4.01. The van der Waals surface area contributed by atoms with Crippen LogP contribution in [0.25, 0.3) is 0 Å². The molecule has 1 aromatic heterocycles. The van der Waals surface area contributed by atoms with Crippen LogP contribution in [0.3, 0.4) is 0 Å². The lowest BCUT2D eigenvalue weighted by molar-refractivity contribution is -0.140. The van der Waals surface area contributed by atoms with Crippen molar-refractivity contribution >= 4 is 17.2 Å². The molecule has 0 radical (unpaired) electrons. The minimum atomic E-state index is -4.46. The third-order valence-electron chi connectivity index (χ3n) is 3.06. The number of carbonyl (C=O) groups excluding carboxylic acids is 1. The number of carbonyl (C=O) groups is 1. The van der Waals surface area contributed by atoms with Crippen LogP contribution in [0, 0.1) is 0 Å². The Hall–Kier alpha value is -1.19. The van der Waals surface area contributed by atoms with Crippen molar-refractivity contribution in [3.8, 4) is 0 Å². The molecular formula is C12H16F3N3O2S. The number of nitrogens with one attached hydrogen (secondary N) is 2. The number of hydrogen-bond acceptors (Lipinski definition) is 5. The zero-order chi connectivity index (χ0) is 15.5. The van der Waals surface area contributed by atoms with Crippen molar-refractivity contribution in [3.05, 3.63) is 16.1 Å². The van der Waals surface area contributed by atoms with Gasteiger partial charge in [-0.3, -0.25) is 4.79 Å². The molecule has 1 aromatic rings. The Labute approximate surface area is 123 Å². The molecule has 1 saturated heterocycles. The molecule has 2 unspecified atom stereocenters. The number of amides is 1. The predicted molar refractivity (Wildman–Crippen MR) is 70.9 cm³/mol. The van der Waals surface area contributed by atoms with Crippen LogP contribution in [-0.2, 0) is 15.7 Å². The molecule has 21 heavy (non-hydrogen) atoms. The van der Waals surface area contributed by atoms with Crippen molar-refractivity contribution in [2.75, 3.05) is 19.7 Å². The molecule has 0 aliphatic carbocycles. The van der Waals surface area contributed by atoms with Crippen LogP contribution in [0.4, 0.5) is 13.2 Å². The highest BCUT2D eigenvalue weighted by Gasteiger charge is 2.35. The van der Waals surface area contributed by atoms with E-state index in [1.807, 2.05) is 0 Å². The predicted octanol–water partition coefficient (Wildman–Crippen LogP) is 1.72. The van der Waals surface area contributed by atoms with E-state index >= 15 is 0 Å². The number of nitrogens with zero attached hydrogens (tertiary/aromatic N) is 1. The van der Waals surface area contributed by atoms with Gasteiger partial charge in [0.25, 0.3) is 5.91 Å². The zero-order valence-corrected chi connectivity index (χ0v) is 12.2. The van der Waals surface area contributed by atoms with Gasteiger partial charge in [0, 0.05) is 18.5 Å². The first-order valence-electron chi connectivity index (χ1n) is 6.57. The van der Waals surface area contributed by atoms with Gasteiger partial charge in [-0.15, -0.1) is 11.3 Å². The minimum Gasteiger partial charge on any atom is -0.366 e. The Morgan fingerprint density at radius 2 is 2.43 bits per heavy atom. The van der Waals surface area contributed by atoms with Gasteiger partial charge in [0.15, 0.2) is 5.69 Å². The molecule has 1 fully saturated rings. The molecule has 0 bridgehead atoms. The fraction of sp³-hybridized carbons (Fsp3) is 0.667. The Balaban J connectivity index is 2.02. The largest absolute Gasteiger partial charge is 0.434 e. The maximum Gasteiger partial charge on any atom is 0.434 e. The lowest BCUT2D eigenvalue weighted by Gasteiger charge is -2.24. The minimum absolute atomic E-state index is 0.252. The molecule has 2 atom stereocenters. The monoisotopic (exact) mass is 323 g/mol. The number of aromatic nitrogens is 1. The number of thiazole rings is 1. The van der Waals surface area contributed by atoms with Crippen molar-refractivity contribution in [1.82, 2.24) is 15.6 Å². The van der Waals surface area contributed by atoms with Gasteiger partial charge in [-0.1, -0.05) is 6.92 Å². The van der Waals surface area contributed by atoms with E-state index in [9.17, 15) is 18.0 Å². The number of morpholine rings is 1. The highest BCUT2D eigenvalue weighted by molar-refractivity contribution is 7.09. The summed E-state index contributed by atoms with van der Waals surface area (Å²) in [7, 11) is 0. The zero-order valence-electron chi connectivity index (χ0n) is 11.4. The van der Waals surface area contributed by atoms with Crippen molar-refractivity contribution in [3.63, 3.8) is 0 Å². The van der Waals surface area contributed by atoms with Crippen LogP contribution in [-0.4, -0.2) is 36.7 Å². The van der Waals surface area contributed by atoms with E-state index in [1.54, 1.807) is 6.92 Å². The summed E-state index contributed by atoms with van der Waals surface area (Å²) in [6.07, 6.45) is -4.63. The number of rotatable bonds is 4. The van der Waals surface area contributed by atoms with Crippen molar-refractivity contribution < 1.29 is 22.7 Å². The van der Waals surface area contributed by atoms with Crippen molar-refractivity contribution in [2.45, 2.75) is 31.7 Å². The second-order valence-corrected chi connectivity index (χ2v) is 5.49. The summed E-state index contributed by atoms with van der Waals surface area (Å²) < 4.78 is 43.0. The van der Waals surface area contributed by atoms with Gasteiger partial charge < -0.3 is 15.4 Å². The van der Waals surface area contributed by atoms with Crippen LogP contribution in [0.5, 0.6) is 0 Å². The molecular weight excluding hydrogens is 307 g/mol. The third kappa shape index (κ3) is 4.14. The van der Waals surface area contributed by atoms with Gasteiger partial charge in [-0.05, 0) is 6.42 Å². The molecule has 1 amide bonds. The molecule has 2 heterocycles. The summed E-state index contributed by atoms with van der Waals surface area (Å²) in [4.78, 5) is 15.6. The molecule has 0 spiro atoms. The van der Waals surface area contributed by atoms with Gasteiger partial charge in [0.1, 0.15) is 11.1 Å². The molecule has 2 N–H and O–H groups in total. The Morgan fingerprint density at radius 1 is 1.67 bits per heavy atom.